The standard InChI is InChI=1S/C17H19FN2/c18-16-7-2-1-4-13(16)8-10-19-12-15-6-3-5-14-9-11-20-17(14)15/h1-7,19-20H,8-12H2. The molecule has 2 N–H and O–H groups in total. The quantitative estimate of drug-likeness (QED) is 0.816. The summed E-state index contributed by atoms with van der Waals surface area (Å²) in [5, 5.41) is 6.84. The molecule has 104 valence electrons. The van der Waals surface area contributed by atoms with Crippen LogP contribution in [0, 0.1) is 5.82 Å². The molecular formula is C17H19FN2. The lowest BCUT2D eigenvalue weighted by Crippen LogP contribution is -2.17. The van der Waals surface area contributed by atoms with E-state index in [0.29, 0.717) is 0 Å². The monoisotopic (exact) mass is 270 g/mol. The second kappa shape index (κ2) is 6.06. The Morgan fingerprint density at radius 2 is 1.90 bits per heavy atom. The fraction of sp³-hybridized carbons (Fsp3) is 0.294. The summed E-state index contributed by atoms with van der Waals surface area (Å²) in [5.74, 6) is -0.114. The molecule has 0 aliphatic carbocycles. The minimum Gasteiger partial charge on any atom is -0.384 e. The van der Waals surface area contributed by atoms with Gasteiger partial charge in [0.15, 0.2) is 0 Å². The largest absolute Gasteiger partial charge is 0.384 e. The number of hydrogen-bond donors (Lipinski definition) is 2. The minimum atomic E-state index is -0.114. The zero-order valence-electron chi connectivity index (χ0n) is 11.5. The molecule has 0 bridgehead atoms. The highest BCUT2D eigenvalue weighted by atomic mass is 19.1. The Balaban J connectivity index is 1.54. The van der Waals surface area contributed by atoms with Gasteiger partial charge in [0.25, 0.3) is 0 Å². The van der Waals surface area contributed by atoms with E-state index in [1.807, 2.05) is 12.1 Å². The van der Waals surface area contributed by atoms with E-state index in [1.54, 1.807) is 6.07 Å². The Bertz CT molecular complexity index is 595. The molecule has 0 unspecified atom stereocenters. The van der Waals surface area contributed by atoms with Crippen molar-refractivity contribution in [3.05, 3.63) is 65.0 Å². The molecule has 0 saturated heterocycles. The van der Waals surface area contributed by atoms with Gasteiger partial charge in [-0.1, -0.05) is 36.4 Å². The van der Waals surface area contributed by atoms with Crippen molar-refractivity contribution in [2.45, 2.75) is 19.4 Å². The maximum absolute atomic E-state index is 13.5. The summed E-state index contributed by atoms with van der Waals surface area (Å²) in [6.07, 6.45) is 1.83. The zero-order valence-corrected chi connectivity index (χ0v) is 11.5. The first-order valence-corrected chi connectivity index (χ1v) is 7.13. The van der Waals surface area contributed by atoms with Crippen LogP contribution in [0.5, 0.6) is 0 Å². The average molecular weight is 270 g/mol. The Kier molecular flexibility index (Phi) is 3.97. The molecule has 1 aliphatic heterocycles. The van der Waals surface area contributed by atoms with Gasteiger partial charge >= 0.3 is 0 Å². The van der Waals surface area contributed by atoms with Gasteiger partial charge in [-0.3, -0.25) is 0 Å². The van der Waals surface area contributed by atoms with Crippen molar-refractivity contribution in [1.82, 2.24) is 5.32 Å². The van der Waals surface area contributed by atoms with Crippen molar-refractivity contribution < 1.29 is 4.39 Å². The Hall–Kier alpha value is -1.87. The fourth-order valence-corrected chi connectivity index (χ4v) is 2.71. The highest BCUT2D eigenvalue weighted by Crippen LogP contribution is 2.26. The Morgan fingerprint density at radius 1 is 1.05 bits per heavy atom. The SMILES string of the molecule is Fc1ccccc1CCNCc1cccc2c1NCC2. The van der Waals surface area contributed by atoms with Gasteiger partial charge in [-0.15, -0.1) is 0 Å². The van der Waals surface area contributed by atoms with Crippen molar-refractivity contribution in [1.29, 1.82) is 0 Å². The van der Waals surface area contributed by atoms with Crippen molar-refractivity contribution >= 4 is 5.69 Å². The van der Waals surface area contributed by atoms with E-state index >= 15 is 0 Å². The molecule has 0 aromatic heterocycles. The number of nitrogens with one attached hydrogen (secondary N) is 2. The van der Waals surface area contributed by atoms with E-state index in [2.05, 4.69) is 28.8 Å². The summed E-state index contributed by atoms with van der Waals surface area (Å²) in [5.41, 5.74) is 4.76. The second-order valence-electron chi connectivity index (χ2n) is 5.15. The second-order valence-corrected chi connectivity index (χ2v) is 5.15. The van der Waals surface area contributed by atoms with Gasteiger partial charge in [0.1, 0.15) is 5.82 Å². The minimum absolute atomic E-state index is 0.114. The van der Waals surface area contributed by atoms with E-state index in [-0.39, 0.29) is 5.82 Å². The topological polar surface area (TPSA) is 24.1 Å². The number of halogens is 1. The van der Waals surface area contributed by atoms with E-state index in [0.717, 1.165) is 38.0 Å². The van der Waals surface area contributed by atoms with Crippen molar-refractivity contribution in [3.63, 3.8) is 0 Å². The van der Waals surface area contributed by atoms with Crippen LogP contribution in [0.2, 0.25) is 0 Å². The van der Waals surface area contributed by atoms with E-state index in [1.165, 1.54) is 22.9 Å². The van der Waals surface area contributed by atoms with Crippen LogP contribution >= 0.6 is 0 Å². The van der Waals surface area contributed by atoms with Crippen molar-refractivity contribution in [2.24, 2.45) is 0 Å². The third-order valence-corrected chi connectivity index (χ3v) is 3.78. The predicted molar refractivity (Wildman–Crippen MR) is 80.4 cm³/mol. The fourth-order valence-electron chi connectivity index (χ4n) is 2.71. The van der Waals surface area contributed by atoms with Gasteiger partial charge in [0, 0.05) is 18.8 Å². The molecule has 0 spiro atoms. The molecule has 2 aromatic rings. The van der Waals surface area contributed by atoms with Crippen LogP contribution in [0.1, 0.15) is 16.7 Å². The third-order valence-electron chi connectivity index (χ3n) is 3.78. The number of benzene rings is 2. The molecule has 1 aliphatic rings. The van der Waals surface area contributed by atoms with Gasteiger partial charge < -0.3 is 10.6 Å². The molecule has 0 amide bonds. The molecule has 2 nitrogen and oxygen atoms in total. The maximum atomic E-state index is 13.5. The first-order valence-electron chi connectivity index (χ1n) is 7.13. The van der Waals surface area contributed by atoms with Crippen LogP contribution in [-0.2, 0) is 19.4 Å². The van der Waals surface area contributed by atoms with Gasteiger partial charge in [-0.2, -0.15) is 0 Å². The molecule has 0 fully saturated rings. The molecular weight excluding hydrogens is 251 g/mol. The lowest BCUT2D eigenvalue weighted by Gasteiger charge is -2.10. The van der Waals surface area contributed by atoms with Crippen LogP contribution < -0.4 is 10.6 Å². The number of para-hydroxylation sites is 1. The van der Waals surface area contributed by atoms with E-state index < -0.39 is 0 Å². The van der Waals surface area contributed by atoms with Gasteiger partial charge in [-0.25, -0.2) is 4.39 Å². The Labute approximate surface area is 119 Å². The third kappa shape index (κ3) is 2.83. The Morgan fingerprint density at radius 3 is 2.80 bits per heavy atom. The molecule has 20 heavy (non-hydrogen) atoms. The lowest BCUT2D eigenvalue weighted by atomic mass is 10.1. The van der Waals surface area contributed by atoms with Gasteiger partial charge in [0.05, 0.1) is 0 Å². The van der Waals surface area contributed by atoms with E-state index in [9.17, 15) is 4.39 Å². The molecule has 0 saturated carbocycles. The average Bonchev–Trinajstić information content (AvgIpc) is 2.94. The first kappa shape index (κ1) is 13.1. The van der Waals surface area contributed by atoms with Gasteiger partial charge in [-0.05, 0) is 42.1 Å². The van der Waals surface area contributed by atoms with Gasteiger partial charge in [0.2, 0.25) is 0 Å². The first-order chi connectivity index (χ1) is 9.84. The summed E-state index contributed by atoms with van der Waals surface area (Å²) >= 11 is 0. The smallest absolute Gasteiger partial charge is 0.126 e. The highest BCUT2D eigenvalue weighted by molar-refractivity contribution is 5.61. The van der Waals surface area contributed by atoms with E-state index in [4.69, 9.17) is 0 Å². The molecule has 3 rings (SSSR count). The zero-order chi connectivity index (χ0) is 13.8. The summed E-state index contributed by atoms with van der Waals surface area (Å²) < 4.78 is 13.5. The highest BCUT2D eigenvalue weighted by Gasteiger charge is 2.12. The molecule has 3 heteroatoms. The normalized spacial score (nSPS) is 13.1. The number of hydrogen-bond acceptors (Lipinski definition) is 2. The van der Waals surface area contributed by atoms with Crippen LogP contribution in [0.3, 0.4) is 0 Å². The molecule has 0 radical (unpaired) electrons. The van der Waals surface area contributed by atoms with Crippen molar-refractivity contribution in [3.8, 4) is 0 Å². The van der Waals surface area contributed by atoms with Crippen LogP contribution in [0.4, 0.5) is 10.1 Å². The summed E-state index contributed by atoms with van der Waals surface area (Å²) in [7, 11) is 0. The van der Waals surface area contributed by atoms with Crippen molar-refractivity contribution in [2.75, 3.05) is 18.4 Å². The molecule has 1 heterocycles. The summed E-state index contributed by atoms with van der Waals surface area (Å²) in [6, 6.07) is 13.4. The number of fused-ring (bicyclic) bond motifs is 1. The number of rotatable bonds is 5. The predicted octanol–water partition coefficient (Wildman–Crippen LogP) is 3.13. The lowest BCUT2D eigenvalue weighted by molar-refractivity contribution is 0.598. The van der Waals surface area contributed by atoms with Crippen LogP contribution in [-0.4, -0.2) is 13.1 Å². The molecule has 2 aromatic carbocycles. The molecule has 0 atom stereocenters. The summed E-state index contributed by atoms with van der Waals surface area (Å²) in [4.78, 5) is 0. The van der Waals surface area contributed by atoms with Crippen LogP contribution in [0.15, 0.2) is 42.5 Å². The number of anilines is 1. The van der Waals surface area contributed by atoms with Crippen LogP contribution in [0.25, 0.3) is 0 Å². The summed E-state index contributed by atoms with van der Waals surface area (Å²) in [6.45, 7) is 2.64. The maximum Gasteiger partial charge on any atom is 0.126 e.